The summed E-state index contributed by atoms with van der Waals surface area (Å²) < 4.78 is 50.9. The maximum Gasteiger partial charge on any atom is 0.401 e. The van der Waals surface area contributed by atoms with Crippen LogP contribution in [0.3, 0.4) is 0 Å². The topological polar surface area (TPSA) is 3.24 Å². The van der Waals surface area contributed by atoms with Gasteiger partial charge in [-0.25, -0.2) is 4.39 Å². The summed E-state index contributed by atoms with van der Waals surface area (Å²) in [4.78, 5) is 1.25. The lowest BCUT2D eigenvalue weighted by Crippen LogP contribution is -2.38. The molecule has 0 aliphatic carbocycles. The quantitative estimate of drug-likeness (QED) is 0.742. The van der Waals surface area contributed by atoms with Gasteiger partial charge in [0.15, 0.2) is 0 Å². The summed E-state index contributed by atoms with van der Waals surface area (Å²) in [7, 11) is 0. The van der Waals surface area contributed by atoms with Gasteiger partial charge >= 0.3 is 6.18 Å². The van der Waals surface area contributed by atoms with Gasteiger partial charge in [-0.1, -0.05) is 15.9 Å². The molecular formula is C12H14BrF4N. The van der Waals surface area contributed by atoms with Gasteiger partial charge in [-0.2, -0.15) is 13.2 Å². The van der Waals surface area contributed by atoms with Gasteiger partial charge in [0, 0.05) is 17.1 Å². The molecule has 6 heteroatoms. The molecule has 0 fully saturated rings. The van der Waals surface area contributed by atoms with Crippen LogP contribution in [0.2, 0.25) is 0 Å². The Morgan fingerprint density at radius 1 is 1.22 bits per heavy atom. The van der Waals surface area contributed by atoms with Crippen LogP contribution >= 0.6 is 15.9 Å². The second-order valence-electron chi connectivity index (χ2n) is 4.39. The fourth-order valence-electron chi connectivity index (χ4n) is 1.59. The Labute approximate surface area is 112 Å². The van der Waals surface area contributed by atoms with Gasteiger partial charge in [-0.3, -0.25) is 4.90 Å². The first-order valence-corrected chi connectivity index (χ1v) is 6.22. The Hall–Kier alpha value is -0.620. The SMILES string of the molecule is CC(C)N(Cc1cc(F)cc(Br)c1)CC(F)(F)F. The molecular weight excluding hydrogens is 314 g/mol. The molecule has 0 amide bonds. The third-order valence-electron chi connectivity index (χ3n) is 2.42. The molecule has 0 bridgehead atoms. The van der Waals surface area contributed by atoms with Gasteiger partial charge in [-0.15, -0.1) is 0 Å². The number of halogens is 5. The molecule has 1 aromatic carbocycles. The summed E-state index contributed by atoms with van der Waals surface area (Å²) in [5.41, 5.74) is 0.514. The number of benzene rings is 1. The number of nitrogens with zero attached hydrogens (tertiary/aromatic N) is 1. The third-order valence-corrected chi connectivity index (χ3v) is 2.88. The van der Waals surface area contributed by atoms with Crippen molar-refractivity contribution in [2.75, 3.05) is 6.54 Å². The summed E-state index contributed by atoms with van der Waals surface area (Å²) in [6, 6.07) is 3.87. The van der Waals surface area contributed by atoms with E-state index in [1.54, 1.807) is 19.9 Å². The molecule has 0 N–H and O–H groups in total. The maximum atomic E-state index is 13.1. The lowest BCUT2D eigenvalue weighted by atomic mass is 10.2. The Balaban J connectivity index is 2.83. The Morgan fingerprint density at radius 3 is 2.28 bits per heavy atom. The van der Waals surface area contributed by atoms with Crippen LogP contribution in [0.4, 0.5) is 17.6 Å². The molecule has 0 unspecified atom stereocenters. The molecule has 0 radical (unpaired) electrons. The van der Waals surface area contributed by atoms with E-state index in [-0.39, 0.29) is 12.6 Å². The van der Waals surface area contributed by atoms with Gasteiger partial charge < -0.3 is 0 Å². The first-order chi connectivity index (χ1) is 8.17. The Bertz CT molecular complexity index is 383. The van der Waals surface area contributed by atoms with Crippen molar-refractivity contribution < 1.29 is 17.6 Å². The molecule has 0 spiro atoms. The third kappa shape index (κ3) is 5.35. The average molecular weight is 328 g/mol. The van der Waals surface area contributed by atoms with Crippen molar-refractivity contribution in [1.29, 1.82) is 0 Å². The molecule has 0 saturated heterocycles. The first kappa shape index (κ1) is 15.4. The van der Waals surface area contributed by atoms with Crippen LogP contribution in [0, 0.1) is 5.82 Å². The van der Waals surface area contributed by atoms with Crippen molar-refractivity contribution in [3.63, 3.8) is 0 Å². The first-order valence-electron chi connectivity index (χ1n) is 5.43. The monoisotopic (exact) mass is 327 g/mol. The smallest absolute Gasteiger partial charge is 0.288 e. The summed E-state index contributed by atoms with van der Waals surface area (Å²) >= 11 is 3.12. The number of alkyl halides is 3. The van der Waals surface area contributed by atoms with Crippen molar-refractivity contribution in [3.05, 3.63) is 34.1 Å². The zero-order valence-corrected chi connectivity index (χ0v) is 11.6. The van der Waals surface area contributed by atoms with Crippen LogP contribution in [-0.4, -0.2) is 23.7 Å². The minimum atomic E-state index is -4.26. The highest BCUT2D eigenvalue weighted by Gasteiger charge is 2.31. The molecule has 1 aromatic rings. The van der Waals surface area contributed by atoms with Gasteiger partial charge in [0.1, 0.15) is 5.82 Å². The normalized spacial score (nSPS) is 12.5. The number of rotatable bonds is 4. The van der Waals surface area contributed by atoms with Crippen LogP contribution in [0.15, 0.2) is 22.7 Å². The van der Waals surface area contributed by atoms with E-state index in [2.05, 4.69) is 15.9 Å². The summed E-state index contributed by atoms with van der Waals surface area (Å²) in [6.07, 6.45) is -4.26. The fraction of sp³-hybridized carbons (Fsp3) is 0.500. The standard InChI is InChI=1S/C12H14BrF4N/c1-8(2)18(7-12(15,16)17)6-9-3-10(13)5-11(14)4-9/h3-5,8H,6-7H2,1-2H3. The van der Waals surface area contributed by atoms with Gasteiger partial charge in [0.05, 0.1) is 6.54 Å². The van der Waals surface area contributed by atoms with Gasteiger partial charge in [0.25, 0.3) is 0 Å². The summed E-state index contributed by atoms with van der Waals surface area (Å²) in [6.45, 7) is 2.42. The van der Waals surface area contributed by atoms with Crippen LogP contribution in [0.25, 0.3) is 0 Å². The molecule has 0 aliphatic rings. The van der Waals surface area contributed by atoms with Gasteiger partial charge in [0.2, 0.25) is 0 Å². The van der Waals surface area contributed by atoms with Crippen molar-refractivity contribution in [3.8, 4) is 0 Å². The molecule has 0 aromatic heterocycles. The van der Waals surface area contributed by atoms with E-state index in [4.69, 9.17) is 0 Å². The zero-order valence-electron chi connectivity index (χ0n) is 10.1. The summed E-state index contributed by atoms with van der Waals surface area (Å²) in [5, 5.41) is 0. The van der Waals surface area contributed by atoms with E-state index in [9.17, 15) is 17.6 Å². The Kier molecular flexibility index (Phi) is 5.16. The average Bonchev–Trinajstić information content (AvgIpc) is 2.12. The van der Waals surface area contributed by atoms with E-state index < -0.39 is 18.5 Å². The second-order valence-corrected chi connectivity index (χ2v) is 5.31. The Morgan fingerprint density at radius 2 is 1.83 bits per heavy atom. The van der Waals surface area contributed by atoms with Gasteiger partial charge in [-0.05, 0) is 37.6 Å². The van der Waals surface area contributed by atoms with Crippen molar-refractivity contribution in [1.82, 2.24) is 4.90 Å². The minimum Gasteiger partial charge on any atom is -0.288 e. The lowest BCUT2D eigenvalue weighted by Gasteiger charge is -2.27. The van der Waals surface area contributed by atoms with Crippen LogP contribution in [-0.2, 0) is 6.54 Å². The lowest BCUT2D eigenvalue weighted by molar-refractivity contribution is -0.150. The molecule has 1 rings (SSSR count). The second kappa shape index (κ2) is 6.02. The number of hydrogen-bond donors (Lipinski definition) is 0. The number of hydrogen-bond acceptors (Lipinski definition) is 1. The fourth-order valence-corrected chi connectivity index (χ4v) is 2.10. The van der Waals surface area contributed by atoms with Crippen molar-refractivity contribution in [2.24, 2.45) is 0 Å². The van der Waals surface area contributed by atoms with E-state index in [0.29, 0.717) is 10.0 Å². The molecule has 102 valence electrons. The molecule has 1 nitrogen and oxygen atoms in total. The highest BCUT2D eigenvalue weighted by Crippen LogP contribution is 2.21. The highest BCUT2D eigenvalue weighted by molar-refractivity contribution is 9.10. The molecule has 0 saturated carbocycles. The van der Waals surface area contributed by atoms with Crippen LogP contribution in [0.1, 0.15) is 19.4 Å². The molecule has 18 heavy (non-hydrogen) atoms. The summed E-state index contributed by atoms with van der Waals surface area (Å²) in [5.74, 6) is -0.463. The van der Waals surface area contributed by atoms with Crippen LogP contribution < -0.4 is 0 Å². The van der Waals surface area contributed by atoms with E-state index in [1.807, 2.05) is 0 Å². The van der Waals surface area contributed by atoms with E-state index in [1.165, 1.54) is 17.0 Å². The van der Waals surface area contributed by atoms with Crippen molar-refractivity contribution in [2.45, 2.75) is 32.6 Å². The molecule has 0 atom stereocenters. The predicted molar refractivity (Wildman–Crippen MR) is 65.7 cm³/mol. The van der Waals surface area contributed by atoms with Crippen LogP contribution in [0.5, 0.6) is 0 Å². The maximum absolute atomic E-state index is 13.1. The minimum absolute atomic E-state index is 0.0630. The largest absolute Gasteiger partial charge is 0.401 e. The van der Waals surface area contributed by atoms with E-state index >= 15 is 0 Å². The molecule has 0 aliphatic heterocycles. The zero-order chi connectivity index (χ0) is 13.9. The predicted octanol–water partition coefficient (Wildman–Crippen LogP) is 4.36. The highest BCUT2D eigenvalue weighted by atomic mass is 79.9. The molecule has 0 heterocycles. The van der Waals surface area contributed by atoms with Crippen molar-refractivity contribution >= 4 is 15.9 Å². The van der Waals surface area contributed by atoms with E-state index in [0.717, 1.165) is 0 Å².